The molecular weight excluding hydrogens is 234 g/mol. The van der Waals surface area contributed by atoms with Crippen molar-refractivity contribution in [2.45, 2.75) is 45.7 Å². The SMILES string of the molecule is Cc1cc(N(C)CC2CC2C)c(CNC2CC2)cn1. The van der Waals surface area contributed by atoms with Gasteiger partial charge in [-0.05, 0) is 44.1 Å². The number of hydrogen-bond acceptors (Lipinski definition) is 3. The molecule has 1 heterocycles. The van der Waals surface area contributed by atoms with Crippen molar-refractivity contribution in [3.05, 3.63) is 23.5 Å². The van der Waals surface area contributed by atoms with Crippen LogP contribution in [0.1, 0.15) is 37.4 Å². The molecule has 19 heavy (non-hydrogen) atoms. The van der Waals surface area contributed by atoms with Gasteiger partial charge in [0.15, 0.2) is 0 Å². The Bertz CT molecular complexity index is 453. The molecule has 104 valence electrons. The lowest BCUT2D eigenvalue weighted by Crippen LogP contribution is -2.24. The maximum atomic E-state index is 4.46. The monoisotopic (exact) mass is 259 g/mol. The number of rotatable bonds is 6. The van der Waals surface area contributed by atoms with Crippen LogP contribution in [0.4, 0.5) is 5.69 Å². The van der Waals surface area contributed by atoms with Gasteiger partial charge in [-0.1, -0.05) is 6.92 Å². The van der Waals surface area contributed by atoms with Crippen LogP contribution in [0.5, 0.6) is 0 Å². The Balaban J connectivity index is 1.70. The third-order valence-corrected chi connectivity index (χ3v) is 4.45. The van der Waals surface area contributed by atoms with Crippen molar-refractivity contribution < 1.29 is 0 Å². The predicted molar refractivity (Wildman–Crippen MR) is 79.4 cm³/mol. The first-order chi connectivity index (χ1) is 9.13. The Kier molecular flexibility index (Phi) is 3.48. The number of pyridine rings is 1. The normalized spacial score (nSPS) is 25.4. The first-order valence-electron chi connectivity index (χ1n) is 7.53. The van der Waals surface area contributed by atoms with Crippen molar-refractivity contribution in [3.8, 4) is 0 Å². The van der Waals surface area contributed by atoms with E-state index in [0.29, 0.717) is 0 Å². The minimum atomic E-state index is 0.753. The lowest BCUT2D eigenvalue weighted by Gasteiger charge is -2.23. The number of aryl methyl sites for hydroxylation is 1. The molecule has 1 N–H and O–H groups in total. The Morgan fingerprint density at radius 3 is 2.79 bits per heavy atom. The molecule has 1 aromatic heterocycles. The van der Waals surface area contributed by atoms with Crippen LogP contribution in [-0.2, 0) is 6.54 Å². The molecule has 2 aliphatic carbocycles. The lowest BCUT2D eigenvalue weighted by molar-refractivity contribution is 0.677. The van der Waals surface area contributed by atoms with Crippen LogP contribution >= 0.6 is 0 Å². The van der Waals surface area contributed by atoms with E-state index in [1.807, 2.05) is 6.20 Å². The summed E-state index contributed by atoms with van der Waals surface area (Å²) in [5.74, 6) is 1.81. The van der Waals surface area contributed by atoms with Crippen molar-refractivity contribution in [2.75, 3.05) is 18.5 Å². The van der Waals surface area contributed by atoms with E-state index < -0.39 is 0 Å². The Hall–Kier alpha value is -1.09. The average molecular weight is 259 g/mol. The van der Waals surface area contributed by atoms with E-state index in [9.17, 15) is 0 Å². The van der Waals surface area contributed by atoms with Crippen LogP contribution < -0.4 is 10.2 Å². The molecular formula is C16H25N3. The molecule has 2 fully saturated rings. The summed E-state index contributed by atoms with van der Waals surface area (Å²) in [5, 5.41) is 3.60. The van der Waals surface area contributed by atoms with Crippen LogP contribution in [0, 0.1) is 18.8 Å². The van der Waals surface area contributed by atoms with Crippen molar-refractivity contribution >= 4 is 5.69 Å². The molecule has 0 amide bonds. The van der Waals surface area contributed by atoms with Gasteiger partial charge in [0.25, 0.3) is 0 Å². The molecule has 2 aliphatic rings. The van der Waals surface area contributed by atoms with Gasteiger partial charge in [0.1, 0.15) is 0 Å². The van der Waals surface area contributed by atoms with Crippen LogP contribution in [0.3, 0.4) is 0 Å². The zero-order valence-electron chi connectivity index (χ0n) is 12.3. The first-order valence-corrected chi connectivity index (χ1v) is 7.53. The van der Waals surface area contributed by atoms with Crippen molar-refractivity contribution in [1.29, 1.82) is 0 Å². The van der Waals surface area contributed by atoms with Gasteiger partial charge in [-0.3, -0.25) is 4.98 Å². The molecule has 2 saturated carbocycles. The van der Waals surface area contributed by atoms with Gasteiger partial charge in [0.2, 0.25) is 0 Å². The molecule has 2 atom stereocenters. The second-order valence-corrected chi connectivity index (χ2v) is 6.46. The van der Waals surface area contributed by atoms with Gasteiger partial charge in [-0.15, -0.1) is 0 Å². The zero-order valence-corrected chi connectivity index (χ0v) is 12.3. The maximum Gasteiger partial charge on any atom is 0.0443 e. The quantitative estimate of drug-likeness (QED) is 0.851. The third kappa shape index (κ3) is 3.27. The highest BCUT2D eigenvalue weighted by molar-refractivity contribution is 5.53. The topological polar surface area (TPSA) is 28.2 Å². The molecule has 3 rings (SSSR count). The van der Waals surface area contributed by atoms with Crippen molar-refractivity contribution in [2.24, 2.45) is 11.8 Å². The lowest BCUT2D eigenvalue weighted by atomic mass is 10.1. The minimum Gasteiger partial charge on any atom is -0.374 e. The van der Waals surface area contributed by atoms with Crippen LogP contribution in [0.25, 0.3) is 0 Å². The number of aromatic nitrogens is 1. The van der Waals surface area contributed by atoms with Crippen molar-refractivity contribution in [1.82, 2.24) is 10.3 Å². The second kappa shape index (κ2) is 5.12. The number of anilines is 1. The molecule has 0 aliphatic heterocycles. The summed E-state index contributed by atoms with van der Waals surface area (Å²) >= 11 is 0. The van der Waals surface area contributed by atoms with Crippen LogP contribution in [0.15, 0.2) is 12.3 Å². The predicted octanol–water partition coefficient (Wildman–Crippen LogP) is 2.73. The highest BCUT2D eigenvalue weighted by Gasteiger charge is 2.33. The summed E-state index contributed by atoms with van der Waals surface area (Å²) in [5.41, 5.74) is 3.81. The Morgan fingerprint density at radius 2 is 2.16 bits per heavy atom. The largest absolute Gasteiger partial charge is 0.374 e. The van der Waals surface area contributed by atoms with E-state index in [-0.39, 0.29) is 0 Å². The van der Waals surface area contributed by atoms with Crippen LogP contribution in [0.2, 0.25) is 0 Å². The fourth-order valence-electron chi connectivity index (χ4n) is 2.71. The third-order valence-electron chi connectivity index (χ3n) is 4.45. The number of nitrogens with one attached hydrogen (secondary N) is 1. The van der Waals surface area contributed by atoms with Gasteiger partial charge >= 0.3 is 0 Å². The Morgan fingerprint density at radius 1 is 1.42 bits per heavy atom. The smallest absolute Gasteiger partial charge is 0.0443 e. The van der Waals surface area contributed by atoms with Gasteiger partial charge < -0.3 is 10.2 Å². The average Bonchev–Trinajstić information content (AvgIpc) is 3.28. The highest BCUT2D eigenvalue weighted by Crippen LogP contribution is 2.39. The van der Waals surface area contributed by atoms with Gasteiger partial charge in [0, 0.05) is 49.3 Å². The van der Waals surface area contributed by atoms with Gasteiger partial charge in [-0.25, -0.2) is 0 Å². The summed E-state index contributed by atoms with van der Waals surface area (Å²) in [4.78, 5) is 6.89. The van der Waals surface area contributed by atoms with Crippen molar-refractivity contribution in [3.63, 3.8) is 0 Å². The van der Waals surface area contributed by atoms with Crippen LogP contribution in [-0.4, -0.2) is 24.6 Å². The van der Waals surface area contributed by atoms with E-state index in [0.717, 1.165) is 30.1 Å². The van der Waals surface area contributed by atoms with E-state index in [4.69, 9.17) is 0 Å². The summed E-state index contributed by atoms with van der Waals surface area (Å²) < 4.78 is 0. The first kappa shape index (κ1) is 12.9. The Labute approximate surface area is 116 Å². The molecule has 0 radical (unpaired) electrons. The van der Waals surface area contributed by atoms with E-state index in [1.54, 1.807) is 0 Å². The van der Waals surface area contributed by atoms with E-state index in [1.165, 1.54) is 37.1 Å². The summed E-state index contributed by atoms with van der Waals surface area (Å²) in [6, 6.07) is 2.99. The minimum absolute atomic E-state index is 0.753. The summed E-state index contributed by atoms with van der Waals surface area (Å²) in [6.07, 6.45) is 6.12. The maximum absolute atomic E-state index is 4.46. The van der Waals surface area contributed by atoms with E-state index >= 15 is 0 Å². The van der Waals surface area contributed by atoms with E-state index in [2.05, 4.69) is 42.2 Å². The number of hydrogen-bond donors (Lipinski definition) is 1. The highest BCUT2D eigenvalue weighted by atomic mass is 15.1. The molecule has 3 heteroatoms. The molecule has 2 unspecified atom stereocenters. The molecule has 3 nitrogen and oxygen atoms in total. The molecule has 0 aromatic carbocycles. The second-order valence-electron chi connectivity index (χ2n) is 6.46. The summed E-state index contributed by atoms with van der Waals surface area (Å²) in [6.45, 7) is 6.57. The summed E-state index contributed by atoms with van der Waals surface area (Å²) in [7, 11) is 2.22. The molecule has 0 bridgehead atoms. The van der Waals surface area contributed by atoms with Gasteiger partial charge in [0.05, 0.1) is 0 Å². The molecule has 0 saturated heterocycles. The fraction of sp³-hybridized carbons (Fsp3) is 0.688. The standard InChI is InChI=1S/C16H25N3/c1-11-6-13(11)10-19(3)16-7-12(2)17-8-14(16)9-18-15-4-5-15/h7-8,11,13,15,18H,4-6,9-10H2,1-3H3. The molecule has 1 aromatic rings. The molecule has 0 spiro atoms. The van der Waals surface area contributed by atoms with Gasteiger partial charge in [-0.2, -0.15) is 0 Å². The zero-order chi connectivity index (χ0) is 13.4. The number of nitrogens with zero attached hydrogens (tertiary/aromatic N) is 2. The fourth-order valence-corrected chi connectivity index (χ4v) is 2.71.